The molecule has 0 heterocycles. The minimum absolute atomic E-state index is 0. The molecular weight excluding hydrogens is 751 g/mol. The van der Waals surface area contributed by atoms with Gasteiger partial charge in [-0.15, -0.1) is 24.8 Å². The SMILES string of the molecule is Cl.Cl.[CH2]=[Zr]([C]1=CC(C)=CC1C)([c]1ccc(C(C)(C)C)cc1)([c]1ccc(C(C)(C)C)cc1)[c]1cc(C(C)(C)C)cc2c1Cc1ccc(C(C)(C)C)cc1-2. The summed E-state index contributed by atoms with van der Waals surface area (Å²) < 4.78 is 11.8. The number of halogens is 2. The summed E-state index contributed by atoms with van der Waals surface area (Å²) in [5.41, 5.74) is 12.8. The first kappa shape index (κ1) is 42.4. The Hall–Kier alpha value is -2.31. The number of benzene rings is 4. The summed E-state index contributed by atoms with van der Waals surface area (Å²) in [6.07, 6.45) is 5.98. The summed E-state index contributed by atoms with van der Waals surface area (Å²) in [7, 11) is 0. The summed E-state index contributed by atoms with van der Waals surface area (Å²) in [6.45, 7) is 32.8. The maximum absolute atomic E-state index is 5.89. The molecule has 4 aromatic rings. The molecule has 2 aliphatic rings. The molecule has 6 rings (SSSR count). The van der Waals surface area contributed by atoms with E-state index < -0.39 is 18.3 Å². The van der Waals surface area contributed by atoms with Crippen molar-refractivity contribution in [2.75, 3.05) is 0 Å². The second kappa shape index (κ2) is 13.8. The van der Waals surface area contributed by atoms with E-state index in [0.717, 1.165) is 6.42 Å². The fourth-order valence-electron chi connectivity index (χ4n) is 8.88. The summed E-state index contributed by atoms with van der Waals surface area (Å²) in [4.78, 5) is 0. The van der Waals surface area contributed by atoms with Crippen molar-refractivity contribution in [1.82, 2.24) is 0 Å². The van der Waals surface area contributed by atoms with Gasteiger partial charge < -0.3 is 0 Å². The second-order valence-corrected chi connectivity index (χ2v) is 32.8. The van der Waals surface area contributed by atoms with E-state index in [-0.39, 0.29) is 46.5 Å². The van der Waals surface area contributed by atoms with Gasteiger partial charge in [-0.1, -0.05) is 0 Å². The van der Waals surface area contributed by atoms with Crippen LogP contribution in [0.3, 0.4) is 0 Å². The van der Waals surface area contributed by atoms with Crippen LogP contribution < -0.4 is 9.81 Å². The molecular formula is C49H64Cl2Zr. The first-order valence-electron chi connectivity index (χ1n) is 18.9. The molecule has 4 aromatic carbocycles. The number of fused-ring (bicyclic) bond motifs is 3. The van der Waals surface area contributed by atoms with Crippen LogP contribution in [0.1, 0.15) is 130 Å². The molecule has 1 unspecified atom stereocenters. The molecule has 0 spiro atoms. The number of hydrogen-bond donors (Lipinski definition) is 0. The standard InChI is InChI=1S/C21H25.2C10H13.C7H9.CH2.2ClH.Zr/c1-20(2,3)16-9-7-14-11-15-8-10-17(21(4,5)6)13-19(15)18(14)12-16;2*1-10(2,3)9-7-5-4-6-8-9;1-6-3-4-7(2)5-6;;;;/h7,9-10,12-13H,11H2,1-6H3;2*5-8H,1-3H3;3,5,7H,1-2H3;1H2;2*1H;. The molecule has 0 aromatic heterocycles. The van der Waals surface area contributed by atoms with Gasteiger partial charge in [0.05, 0.1) is 0 Å². The van der Waals surface area contributed by atoms with Gasteiger partial charge in [-0.3, -0.25) is 0 Å². The Bertz CT molecular complexity index is 2050. The van der Waals surface area contributed by atoms with Crippen LogP contribution in [-0.4, -0.2) is 4.21 Å². The van der Waals surface area contributed by atoms with Crippen molar-refractivity contribution in [3.8, 4) is 11.1 Å². The van der Waals surface area contributed by atoms with Crippen LogP contribution in [0, 0.1) is 5.92 Å². The van der Waals surface area contributed by atoms with E-state index in [1.807, 2.05) is 0 Å². The van der Waals surface area contributed by atoms with E-state index in [9.17, 15) is 0 Å². The summed E-state index contributed by atoms with van der Waals surface area (Å²) in [5.74, 6) is 0.299. The second-order valence-electron chi connectivity index (χ2n) is 20.0. The van der Waals surface area contributed by atoms with Gasteiger partial charge >= 0.3 is 308 Å². The van der Waals surface area contributed by atoms with Crippen LogP contribution in [0.5, 0.6) is 0 Å². The van der Waals surface area contributed by atoms with Gasteiger partial charge in [0, 0.05) is 0 Å². The predicted octanol–water partition coefficient (Wildman–Crippen LogP) is 12.2. The van der Waals surface area contributed by atoms with Crippen LogP contribution >= 0.6 is 24.8 Å². The predicted molar refractivity (Wildman–Crippen MR) is 234 cm³/mol. The third kappa shape index (κ3) is 6.91. The summed E-state index contributed by atoms with van der Waals surface area (Å²) >= 11 is -5.02. The normalized spacial score (nSPS) is 16.3. The van der Waals surface area contributed by atoms with Gasteiger partial charge in [-0.25, -0.2) is 0 Å². The van der Waals surface area contributed by atoms with Gasteiger partial charge in [0.15, 0.2) is 0 Å². The van der Waals surface area contributed by atoms with E-state index in [1.54, 1.807) is 3.28 Å². The van der Waals surface area contributed by atoms with Crippen LogP contribution in [0.4, 0.5) is 0 Å². The van der Waals surface area contributed by atoms with Crippen molar-refractivity contribution in [2.45, 2.75) is 125 Å². The zero-order chi connectivity index (χ0) is 36.8. The molecule has 0 aliphatic heterocycles. The number of rotatable bonds is 4. The van der Waals surface area contributed by atoms with Gasteiger partial charge in [-0.2, -0.15) is 0 Å². The van der Waals surface area contributed by atoms with Crippen LogP contribution in [0.25, 0.3) is 11.1 Å². The monoisotopic (exact) mass is 812 g/mol. The molecule has 0 bridgehead atoms. The third-order valence-corrected chi connectivity index (χ3v) is 28.7. The first-order chi connectivity index (χ1) is 22.9. The molecule has 0 radical (unpaired) electrons. The molecule has 0 saturated heterocycles. The van der Waals surface area contributed by atoms with Crippen LogP contribution in [-0.2, 0) is 46.4 Å². The minimum atomic E-state index is -5.02. The molecule has 0 saturated carbocycles. The van der Waals surface area contributed by atoms with Gasteiger partial charge in [0.1, 0.15) is 0 Å². The molecule has 0 fully saturated rings. The third-order valence-electron chi connectivity index (χ3n) is 12.1. The van der Waals surface area contributed by atoms with Crippen LogP contribution in [0.15, 0.2) is 99.9 Å². The van der Waals surface area contributed by atoms with E-state index in [2.05, 4.69) is 188 Å². The fourth-order valence-corrected chi connectivity index (χ4v) is 25.4. The molecule has 0 N–H and O–H groups in total. The molecule has 278 valence electrons. The van der Waals surface area contributed by atoms with E-state index in [4.69, 9.17) is 4.21 Å². The van der Waals surface area contributed by atoms with Gasteiger partial charge in [0.2, 0.25) is 0 Å². The maximum atomic E-state index is 5.89. The summed E-state index contributed by atoms with van der Waals surface area (Å²) in [5, 5.41) is 0. The fraction of sp³-hybridized carbons (Fsp3) is 0.408. The Morgan fingerprint density at radius 1 is 0.558 bits per heavy atom. The molecule has 1 atom stereocenters. The Balaban J connectivity index is 0.00000302. The van der Waals surface area contributed by atoms with Gasteiger partial charge in [-0.05, 0) is 0 Å². The zero-order valence-corrected chi connectivity index (χ0v) is 38.6. The number of allylic oxidation sites excluding steroid dienone is 4. The van der Waals surface area contributed by atoms with Crippen molar-refractivity contribution in [1.29, 1.82) is 0 Å². The Morgan fingerprint density at radius 2 is 0.981 bits per heavy atom. The molecule has 2 aliphatic carbocycles. The quantitative estimate of drug-likeness (QED) is 0.170. The van der Waals surface area contributed by atoms with Crippen molar-refractivity contribution in [2.24, 2.45) is 5.92 Å². The molecule has 0 nitrogen and oxygen atoms in total. The van der Waals surface area contributed by atoms with E-state index >= 15 is 0 Å². The first-order valence-corrected chi connectivity index (χ1v) is 25.6. The average molecular weight is 815 g/mol. The van der Waals surface area contributed by atoms with Crippen LogP contribution in [0.2, 0.25) is 0 Å². The average Bonchev–Trinajstić information content (AvgIpc) is 3.57. The van der Waals surface area contributed by atoms with Crippen molar-refractivity contribution in [3.63, 3.8) is 0 Å². The molecule has 0 amide bonds. The Kier molecular flexibility index (Phi) is 11.2. The molecule has 52 heavy (non-hydrogen) atoms. The Morgan fingerprint density at radius 3 is 1.38 bits per heavy atom. The van der Waals surface area contributed by atoms with Crippen molar-refractivity contribution in [3.05, 3.63) is 133 Å². The van der Waals surface area contributed by atoms with Crippen molar-refractivity contribution < 1.29 is 18.3 Å². The van der Waals surface area contributed by atoms with E-state index in [0.29, 0.717) is 5.92 Å². The Labute approximate surface area is 330 Å². The summed E-state index contributed by atoms with van der Waals surface area (Å²) in [6, 6.07) is 32.1. The van der Waals surface area contributed by atoms with Gasteiger partial charge in [0.25, 0.3) is 0 Å². The topological polar surface area (TPSA) is 0 Å². The van der Waals surface area contributed by atoms with Crippen molar-refractivity contribution >= 4 is 38.8 Å². The molecule has 3 heteroatoms. The number of hydrogen-bond acceptors (Lipinski definition) is 0. The van der Waals surface area contributed by atoms with E-state index in [1.165, 1.54) is 59.9 Å². The zero-order valence-electron chi connectivity index (χ0n) is 34.5.